The molecule has 0 spiro atoms. The normalized spacial score (nSPS) is 10.6. The van der Waals surface area contributed by atoms with Crippen LogP contribution in [0.4, 0.5) is 5.82 Å². The molecule has 0 bridgehead atoms. The smallest absolute Gasteiger partial charge is 0.339 e. The van der Waals surface area contributed by atoms with Gasteiger partial charge in [-0.05, 0) is 19.4 Å². The number of aromatic nitrogens is 2. The van der Waals surface area contributed by atoms with E-state index < -0.39 is 5.97 Å². The van der Waals surface area contributed by atoms with Crippen molar-refractivity contribution in [2.24, 2.45) is 0 Å². The van der Waals surface area contributed by atoms with E-state index in [1.54, 1.807) is 23.9 Å². The summed E-state index contributed by atoms with van der Waals surface area (Å²) in [6, 6.07) is 1.44. The SMILES string of the molecule is CCCn1ccnc(NCc2cc(C(=O)O)c(C)o2)c1=O. The first-order chi connectivity index (χ1) is 10.0. The van der Waals surface area contributed by atoms with Crippen molar-refractivity contribution in [1.82, 2.24) is 9.55 Å². The Bertz CT molecular complexity index is 702. The van der Waals surface area contributed by atoms with Crippen molar-refractivity contribution in [1.29, 1.82) is 0 Å². The molecule has 2 rings (SSSR count). The number of carboxylic acids is 1. The molecule has 0 aliphatic carbocycles. The lowest BCUT2D eigenvalue weighted by molar-refractivity contribution is 0.0695. The molecular formula is C14H17N3O4. The van der Waals surface area contributed by atoms with Gasteiger partial charge in [-0.2, -0.15) is 0 Å². The van der Waals surface area contributed by atoms with Crippen LogP contribution in [0.3, 0.4) is 0 Å². The molecule has 0 fully saturated rings. The van der Waals surface area contributed by atoms with Gasteiger partial charge in [0.05, 0.1) is 6.54 Å². The lowest BCUT2D eigenvalue weighted by atomic mass is 10.2. The molecule has 0 saturated carbocycles. The van der Waals surface area contributed by atoms with Crippen molar-refractivity contribution in [2.45, 2.75) is 33.4 Å². The quantitative estimate of drug-likeness (QED) is 0.843. The van der Waals surface area contributed by atoms with Gasteiger partial charge in [-0.1, -0.05) is 6.92 Å². The number of hydrogen-bond acceptors (Lipinski definition) is 5. The van der Waals surface area contributed by atoms with Gasteiger partial charge < -0.3 is 19.4 Å². The fraction of sp³-hybridized carbons (Fsp3) is 0.357. The second kappa shape index (κ2) is 6.25. The first kappa shape index (κ1) is 14.8. The van der Waals surface area contributed by atoms with E-state index in [1.807, 2.05) is 6.92 Å². The minimum Gasteiger partial charge on any atom is -0.478 e. The zero-order valence-corrected chi connectivity index (χ0v) is 11.9. The topological polar surface area (TPSA) is 97.4 Å². The largest absolute Gasteiger partial charge is 0.478 e. The van der Waals surface area contributed by atoms with Crippen LogP contribution in [0.25, 0.3) is 0 Å². The van der Waals surface area contributed by atoms with Crippen LogP contribution in [-0.2, 0) is 13.1 Å². The summed E-state index contributed by atoms with van der Waals surface area (Å²) in [7, 11) is 0. The molecule has 2 aromatic rings. The van der Waals surface area contributed by atoms with Crippen molar-refractivity contribution >= 4 is 11.8 Å². The molecule has 0 amide bonds. The maximum absolute atomic E-state index is 12.1. The van der Waals surface area contributed by atoms with Crippen LogP contribution in [0, 0.1) is 6.92 Å². The van der Waals surface area contributed by atoms with E-state index in [1.165, 1.54) is 6.07 Å². The molecule has 0 aliphatic rings. The molecule has 0 unspecified atom stereocenters. The van der Waals surface area contributed by atoms with Gasteiger partial charge in [0.1, 0.15) is 17.1 Å². The molecule has 7 nitrogen and oxygen atoms in total. The van der Waals surface area contributed by atoms with E-state index in [9.17, 15) is 9.59 Å². The summed E-state index contributed by atoms with van der Waals surface area (Å²) in [5.74, 6) is -0.0387. The predicted octanol–water partition coefficient (Wildman–Crippen LogP) is 1.87. The summed E-state index contributed by atoms with van der Waals surface area (Å²) in [6.45, 7) is 4.40. The van der Waals surface area contributed by atoms with Gasteiger partial charge in [-0.25, -0.2) is 9.78 Å². The first-order valence-electron chi connectivity index (χ1n) is 6.64. The summed E-state index contributed by atoms with van der Waals surface area (Å²) < 4.78 is 6.91. The maximum atomic E-state index is 12.1. The van der Waals surface area contributed by atoms with Crippen molar-refractivity contribution in [3.63, 3.8) is 0 Å². The minimum atomic E-state index is -1.04. The molecular weight excluding hydrogens is 274 g/mol. The van der Waals surface area contributed by atoms with E-state index in [-0.39, 0.29) is 23.5 Å². The maximum Gasteiger partial charge on any atom is 0.339 e. The second-order valence-electron chi connectivity index (χ2n) is 4.62. The molecule has 2 aromatic heterocycles. The number of nitrogens with zero attached hydrogens (tertiary/aromatic N) is 2. The van der Waals surface area contributed by atoms with E-state index in [4.69, 9.17) is 9.52 Å². The van der Waals surface area contributed by atoms with Crippen LogP contribution < -0.4 is 10.9 Å². The lowest BCUT2D eigenvalue weighted by Gasteiger charge is -2.06. The molecule has 2 N–H and O–H groups in total. The molecule has 0 aliphatic heterocycles. The van der Waals surface area contributed by atoms with Crippen LogP contribution in [0.15, 0.2) is 27.7 Å². The van der Waals surface area contributed by atoms with Gasteiger partial charge in [0, 0.05) is 18.9 Å². The summed E-state index contributed by atoms with van der Waals surface area (Å²) in [5, 5.41) is 11.8. The van der Waals surface area contributed by atoms with Crippen molar-refractivity contribution < 1.29 is 14.3 Å². The average molecular weight is 291 g/mol. The highest BCUT2D eigenvalue weighted by molar-refractivity contribution is 5.88. The zero-order chi connectivity index (χ0) is 15.4. The molecule has 2 heterocycles. The highest BCUT2D eigenvalue weighted by Gasteiger charge is 2.14. The van der Waals surface area contributed by atoms with Crippen molar-refractivity contribution in [2.75, 3.05) is 5.32 Å². The first-order valence-corrected chi connectivity index (χ1v) is 6.64. The number of nitrogens with one attached hydrogen (secondary N) is 1. The monoisotopic (exact) mass is 291 g/mol. The van der Waals surface area contributed by atoms with E-state index in [0.29, 0.717) is 18.1 Å². The highest BCUT2D eigenvalue weighted by Crippen LogP contribution is 2.15. The third-order valence-electron chi connectivity index (χ3n) is 3.01. The molecule has 0 atom stereocenters. The lowest BCUT2D eigenvalue weighted by Crippen LogP contribution is -2.24. The van der Waals surface area contributed by atoms with Gasteiger partial charge in [0.2, 0.25) is 0 Å². The van der Waals surface area contributed by atoms with Crippen LogP contribution in [0.1, 0.15) is 35.2 Å². The Morgan fingerprint density at radius 2 is 2.29 bits per heavy atom. The summed E-state index contributed by atoms with van der Waals surface area (Å²) in [6.07, 6.45) is 4.04. The van der Waals surface area contributed by atoms with E-state index in [0.717, 1.165) is 6.42 Å². The Labute approximate surface area is 121 Å². The van der Waals surface area contributed by atoms with Crippen LogP contribution >= 0.6 is 0 Å². The number of carbonyl (C=O) groups is 1. The number of anilines is 1. The Balaban J connectivity index is 2.13. The minimum absolute atomic E-state index is 0.121. The Hall–Kier alpha value is -2.57. The molecule has 0 radical (unpaired) electrons. The summed E-state index contributed by atoms with van der Waals surface area (Å²) in [5.41, 5.74) is -0.0858. The van der Waals surface area contributed by atoms with E-state index in [2.05, 4.69) is 10.3 Å². The highest BCUT2D eigenvalue weighted by atomic mass is 16.4. The second-order valence-corrected chi connectivity index (χ2v) is 4.62. The number of rotatable bonds is 6. The molecule has 21 heavy (non-hydrogen) atoms. The average Bonchev–Trinajstić information content (AvgIpc) is 2.81. The molecule has 7 heteroatoms. The zero-order valence-electron chi connectivity index (χ0n) is 11.9. The van der Waals surface area contributed by atoms with Gasteiger partial charge in [-0.15, -0.1) is 0 Å². The number of aryl methyl sites for hydroxylation is 2. The number of aromatic carboxylic acids is 1. The third-order valence-corrected chi connectivity index (χ3v) is 3.01. The molecule has 0 saturated heterocycles. The van der Waals surface area contributed by atoms with Crippen molar-refractivity contribution in [3.8, 4) is 0 Å². The Morgan fingerprint density at radius 1 is 1.52 bits per heavy atom. The number of carboxylic acid groups (broad SMARTS) is 1. The van der Waals surface area contributed by atoms with Crippen LogP contribution in [0.2, 0.25) is 0 Å². The third kappa shape index (κ3) is 3.31. The van der Waals surface area contributed by atoms with Gasteiger partial charge >= 0.3 is 5.97 Å². The summed E-state index contributed by atoms with van der Waals surface area (Å²) >= 11 is 0. The molecule has 0 aromatic carbocycles. The van der Waals surface area contributed by atoms with Crippen LogP contribution in [0.5, 0.6) is 0 Å². The van der Waals surface area contributed by atoms with E-state index >= 15 is 0 Å². The fourth-order valence-electron chi connectivity index (χ4n) is 2.00. The predicted molar refractivity (Wildman–Crippen MR) is 76.5 cm³/mol. The van der Waals surface area contributed by atoms with Gasteiger partial charge in [0.25, 0.3) is 5.56 Å². The van der Waals surface area contributed by atoms with Crippen molar-refractivity contribution in [3.05, 3.63) is 45.9 Å². The van der Waals surface area contributed by atoms with Gasteiger partial charge in [0.15, 0.2) is 5.82 Å². The Kier molecular flexibility index (Phi) is 4.42. The summed E-state index contributed by atoms with van der Waals surface area (Å²) in [4.78, 5) is 27.0. The molecule has 112 valence electrons. The number of hydrogen-bond donors (Lipinski definition) is 2. The fourth-order valence-corrected chi connectivity index (χ4v) is 2.00. The standard InChI is InChI=1S/C14H17N3O4/c1-3-5-17-6-4-15-12(13(17)18)16-8-10-7-11(14(19)20)9(2)21-10/h4,6-7H,3,5,8H2,1-2H3,(H,15,16)(H,19,20). The Morgan fingerprint density at radius 3 is 2.90 bits per heavy atom. The van der Waals surface area contributed by atoms with Crippen LogP contribution in [-0.4, -0.2) is 20.6 Å². The number of furan rings is 1. The van der Waals surface area contributed by atoms with Gasteiger partial charge in [-0.3, -0.25) is 4.79 Å².